The van der Waals surface area contributed by atoms with Gasteiger partial charge < -0.3 is 20.3 Å². The van der Waals surface area contributed by atoms with E-state index in [0.29, 0.717) is 5.75 Å². The summed E-state index contributed by atoms with van der Waals surface area (Å²) >= 11 is 0. The van der Waals surface area contributed by atoms with Crippen molar-refractivity contribution in [1.82, 2.24) is 5.32 Å². The molecule has 98 valence electrons. The molecule has 0 saturated heterocycles. The molecule has 6 heteroatoms. The van der Waals surface area contributed by atoms with Crippen molar-refractivity contribution in [3.8, 4) is 5.75 Å². The molecule has 0 spiro atoms. The van der Waals surface area contributed by atoms with Crippen molar-refractivity contribution >= 4 is 11.9 Å². The Kier molecular flexibility index (Phi) is 4.67. The topological polar surface area (TPSA) is 95.9 Å². The van der Waals surface area contributed by atoms with Gasteiger partial charge in [0.05, 0.1) is 19.3 Å². The van der Waals surface area contributed by atoms with Crippen LogP contribution in [0.25, 0.3) is 0 Å². The summed E-state index contributed by atoms with van der Waals surface area (Å²) in [6.45, 7) is 1.13. The van der Waals surface area contributed by atoms with E-state index in [-0.39, 0.29) is 5.56 Å². The van der Waals surface area contributed by atoms with Crippen LogP contribution in [0.1, 0.15) is 15.9 Å². The number of hydrogen-bond acceptors (Lipinski definition) is 4. The second-order valence-electron chi connectivity index (χ2n) is 3.75. The van der Waals surface area contributed by atoms with Crippen LogP contribution in [0.15, 0.2) is 18.2 Å². The van der Waals surface area contributed by atoms with Crippen LogP contribution in [0, 0.1) is 6.92 Å². The van der Waals surface area contributed by atoms with Crippen LogP contribution in [-0.4, -0.2) is 41.8 Å². The summed E-state index contributed by atoms with van der Waals surface area (Å²) < 4.78 is 5.03. The van der Waals surface area contributed by atoms with Crippen LogP contribution in [0.2, 0.25) is 0 Å². The molecule has 1 atom stereocenters. The first kappa shape index (κ1) is 14.0. The monoisotopic (exact) mass is 253 g/mol. The third-order valence-corrected chi connectivity index (χ3v) is 2.39. The third kappa shape index (κ3) is 3.21. The normalized spacial score (nSPS) is 11.7. The molecule has 1 amide bonds. The average Bonchev–Trinajstić information content (AvgIpc) is 2.35. The van der Waals surface area contributed by atoms with Gasteiger partial charge in [0.1, 0.15) is 5.75 Å². The van der Waals surface area contributed by atoms with Gasteiger partial charge in [-0.1, -0.05) is 11.6 Å². The number of carboxylic acids is 1. The second-order valence-corrected chi connectivity index (χ2v) is 3.75. The van der Waals surface area contributed by atoms with Crippen molar-refractivity contribution < 1.29 is 24.5 Å². The molecule has 18 heavy (non-hydrogen) atoms. The van der Waals surface area contributed by atoms with Gasteiger partial charge in [0.2, 0.25) is 0 Å². The number of amides is 1. The van der Waals surface area contributed by atoms with E-state index < -0.39 is 24.5 Å². The van der Waals surface area contributed by atoms with E-state index in [4.69, 9.17) is 14.9 Å². The quantitative estimate of drug-likeness (QED) is 0.695. The van der Waals surface area contributed by atoms with Gasteiger partial charge in [0.15, 0.2) is 6.04 Å². The SMILES string of the molecule is COc1ccc(C)cc1C(=O)N[C@H](CO)C(=O)O. The predicted molar refractivity (Wildman–Crippen MR) is 63.7 cm³/mol. The van der Waals surface area contributed by atoms with Crippen LogP contribution >= 0.6 is 0 Å². The number of nitrogens with one attached hydrogen (secondary N) is 1. The zero-order valence-electron chi connectivity index (χ0n) is 10.1. The number of rotatable bonds is 5. The Bertz CT molecular complexity index is 458. The van der Waals surface area contributed by atoms with Gasteiger partial charge in [-0.25, -0.2) is 4.79 Å². The van der Waals surface area contributed by atoms with E-state index in [1.54, 1.807) is 25.1 Å². The lowest BCUT2D eigenvalue weighted by molar-refractivity contribution is -0.140. The molecule has 0 aliphatic heterocycles. The van der Waals surface area contributed by atoms with Crippen LogP contribution in [0.5, 0.6) is 5.75 Å². The highest BCUT2D eigenvalue weighted by molar-refractivity contribution is 5.99. The number of aliphatic hydroxyl groups is 1. The average molecular weight is 253 g/mol. The van der Waals surface area contributed by atoms with Gasteiger partial charge in [-0.2, -0.15) is 0 Å². The molecule has 0 unspecified atom stereocenters. The summed E-state index contributed by atoms with van der Waals surface area (Å²) in [6.07, 6.45) is 0. The summed E-state index contributed by atoms with van der Waals surface area (Å²) in [5, 5.41) is 19.8. The Hall–Kier alpha value is -2.08. The van der Waals surface area contributed by atoms with E-state index in [0.717, 1.165) is 5.56 Å². The summed E-state index contributed by atoms with van der Waals surface area (Å²) in [6, 6.07) is 3.66. The number of hydrogen-bond donors (Lipinski definition) is 3. The highest BCUT2D eigenvalue weighted by Crippen LogP contribution is 2.19. The zero-order chi connectivity index (χ0) is 13.7. The molecule has 0 heterocycles. The fraction of sp³-hybridized carbons (Fsp3) is 0.333. The summed E-state index contributed by atoms with van der Waals surface area (Å²) in [4.78, 5) is 22.6. The van der Waals surface area contributed by atoms with Gasteiger partial charge in [0, 0.05) is 0 Å². The van der Waals surface area contributed by atoms with Gasteiger partial charge in [-0.15, -0.1) is 0 Å². The Morgan fingerprint density at radius 3 is 2.61 bits per heavy atom. The van der Waals surface area contributed by atoms with Crippen molar-refractivity contribution in [2.24, 2.45) is 0 Å². The summed E-state index contributed by atoms with van der Waals surface area (Å²) in [7, 11) is 1.42. The fourth-order valence-corrected chi connectivity index (χ4v) is 1.42. The number of carbonyl (C=O) groups excluding carboxylic acids is 1. The van der Waals surface area contributed by atoms with Crippen molar-refractivity contribution in [3.63, 3.8) is 0 Å². The number of carbonyl (C=O) groups is 2. The lowest BCUT2D eigenvalue weighted by atomic mass is 10.1. The molecule has 1 aromatic rings. The standard InChI is InChI=1S/C12H15NO5/c1-7-3-4-10(18-2)8(5-7)11(15)13-9(6-14)12(16)17/h3-5,9,14H,6H2,1-2H3,(H,13,15)(H,16,17)/t9-/m1/s1. The maximum Gasteiger partial charge on any atom is 0.328 e. The number of ether oxygens (including phenoxy) is 1. The molecule has 0 aliphatic carbocycles. The molecule has 0 radical (unpaired) electrons. The lowest BCUT2D eigenvalue weighted by Crippen LogP contribution is -2.43. The number of aliphatic carboxylic acids is 1. The fourth-order valence-electron chi connectivity index (χ4n) is 1.42. The van der Waals surface area contributed by atoms with Crippen LogP contribution in [0.3, 0.4) is 0 Å². The summed E-state index contributed by atoms with van der Waals surface area (Å²) in [5.41, 5.74) is 1.08. The van der Waals surface area contributed by atoms with E-state index in [9.17, 15) is 9.59 Å². The van der Waals surface area contributed by atoms with Crippen LogP contribution < -0.4 is 10.1 Å². The number of aryl methyl sites for hydroxylation is 1. The maximum absolute atomic E-state index is 11.9. The smallest absolute Gasteiger partial charge is 0.328 e. The van der Waals surface area contributed by atoms with E-state index in [1.165, 1.54) is 7.11 Å². The van der Waals surface area contributed by atoms with E-state index in [1.807, 2.05) is 0 Å². The first-order chi connectivity index (χ1) is 8.49. The highest BCUT2D eigenvalue weighted by Gasteiger charge is 2.21. The molecule has 0 bridgehead atoms. The first-order valence-electron chi connectivity index (χ1n) is 5.28. The van der Waals surface area contributed by atoms with Crippen LogP contribution in [-0.2, 0) is 4.79 Å². The molecule has 0 aliphatic rings. The highest BCUT2D eigenvalue weighted by atomic mass is 16.5. The molecule has 0 aromatic heterocycles. The van der Waals surface area contributed by atoms with Crippen molar-refractivity contribution in [3.05, 3.63) is 29.3 Å². The predicted octanol–water partition coefficient (Wildman–Crippen LogP) is 0.179. The Labute approximate surface area is 104 Å². The van der Waals surface area contributed by atoms with E-state index in [2.05, 4.69) is 5.32 Å². The van der Waals surface area contributed by atoms with Gasteiger partial charge >= 0.3 is 5.97 Å². The number of benzene rings is 1. The second kappa shape index (κ2) is 6.02. The molecule has 3 N–H and O–H groups in total. The van der Waals surface area contributed by atoms with Crippen molar-refractivity contribution in [1.29, 1.82) is 0 Å². The lowest BCUT2D eigenvalue weighted by Gasteiger charge is -2.14. The Morgan fingerprint density at radius 2 is 2.11 bits per heavy atom. The minimum absolute atomic E-state index is 0.234. The Morgan fingerprint density at radius 1 is 1.44 bits per heavy atom. The zero-order valence-corrected chi connectivity index (χ0v) is 10.1. The van der Waals surface area contributed by atoms with Crippen molar-refractivity contribution in [2.75, 3.05) is 13.7 Å². The molecule has 6 nitrogen and oxygen atoms in total. The molecule has 1 rings (SSSR count). The molecule has 1 aromatic carbocycles. The molecule has 0 fully saturated rings. The Balaban J connectivity index is 2.96. The van der Waals surface area contributed by atoms with E-state index >= 15 is 0 Å². The van der Waals surface area contributed by atoms with Crippen LogP contribution in [0.4, 0.5) is 0 Å². The largest absolute Gasteiger partial charge is 0.496 e. The number of carboxylic acid groups (broad SMARTS) is 1. The molecular weight excluding hydrogens is 238 g/mol. The number of aliphatic hydroxyl groups excluding tert-OH is 1. The number of methoxy groups -OCH3 is 1. The van der Waals surface area contributed by atoms with Crippen molar-refractivity contribution in [2.45, 2.75) is 13.0 Å². The first-order valence-corrected chi connectivity index (χ1v) is 5.28. The van der Waals surface area contributed by atoms with Gasteiger partial charge in [0.25, 0.3) is 5.91 Å². The maximum atomic E-state index is 11.9. The van der Waals surface area contributed by atoms with Gasteiger partial charge in [-0.05, 0) is 19.1 Å². The minimum Gasteiger partial charge on any atom is -0.496 e. The minimum atomic E-state index is -1.33. The van der Waals surface area contributed by atoms with Gasteiger partial charge in [-0.3, -0.25) is 4.79 Å². The third-order valence-electron chi connectivity index (χ3n) is 2.39. The summed E-state index contributed by atoms with van der Waals surface area (Å²) in [5.74, 6) is -1.55. The molecular formula is C12H15NO5. The molecule has 0 saturated carbocycles.